The van der Waals surface area contributed by atoms with E-state index in [1.54, 1.807) is 25.1 Å². The van der Waals surface area contributed by atoms with E-state index >= 15 is 0 Å². The molecule has 1 aromatic carbocycles. The second-order valence-electron chi connectivity index (χ2n) is 6.28. The van der Waals surface area contributed by atoms with Gasteiger partial charge >= 0.3 is 5.69 Å². The molecule has 0 fully saturated rings. The Bertz CT molecular complexity index is 1330. The molecule has 9 nitrogen and oxygen atoms in total. The highest BCUT2D eigenvalue weighted by Crippen LogP contribution is 2.21. The molecule has 2 aromatic heterocycles. The number of rotatable bonds is 5. The van der Waals surface area contributed by atoms with Gasteiger partial charge in [-0.1, -0.05) is 27.7 Å². The minimum Gasteiger partial charge on any atom is -0.384 e. The van der Waals surface area contributed by atoms with Crippen LogP contribution in [0.25, 0.3) is 10.9 Å². The zero-order valence-corrected chi connectivity index (χ0v) is 18.3. The third kappa shape index (κ3) is 3.67. The lowest BCUT2D eigenvalue weighted by atomic mass is 10.2. The summed E-state index contributed by atoms with van der Waals surface area (Å²) in [4.78, 5) is 54.3. The van der Waals surface area contributed by atoms with Crippen LogP contribution in [0, 0.1) is 0 Å². The third-order valence-corrected chi connectivity index (χ3v) is 5.99. The smallest absolute Gasteiger partial charge is 0.332 e. The lowest BCUT2D eigenvalue weighted by Crippen LogP contribution is -2.41. The maximum atomic E-state index is 12.8. The third-order valence-electron chi connectivity index (χ3n) is 4.52. The first-order chi connectivity index (χ1) is 13.7. The summed E-state index contributed by atoms with van der Waals surface area (Å²) >= 11 is 4.38. The number of Topliss-reactive ketones (excluding diaryl/α,β-unsaturated/α-hetero) is 1. The Morgan fingerprint density at radius 2 is 1.86 bits per heavy atom. The van der Waals surface area contributed by atoms with Crippen LogP contribution in [0.3, 0.4) is 0 Å². The van der Waals surface area contributed by atoms with Gasteiger partial charge in [0.2, 0.25) is 0 Å². The monoisotopic (exact) mass is 479 g/mol. The Kier molecular flexibility index (Phi) is 5.80. The number of halogens is 1. The highest BCUT2D eigenvalue weighted by Gasteiger charge is 2.21. The fourth-order valence-corrected chi connectivity index (χ4v) is 4.18. The van der Waals surface area contributed by atoms with Crippen molar-refractivity contribution < 1.29 is 4.79 Å². The molecule has 0 amide bonds. The molecule has 0 unspecified atom stereocenters. The average molecular weight is 480 g/mol. The first kappa shape index (κ1) is 21.1. The summed E-state index contributed by atoms with van der Waals surface area (Å²) in [6.45, 7) is 2.17. The van der Waals surface area contributed by atoms with Crippen LogP contribution in [0.4, 0.5) is 5.82 Å². The molecule has 3 aromatic rings. The summed E-state index contributed by atoms with van der Waals surface area (Å²) in [5.41, 5.74) is 4.51. The van der Waals surface area contributed by atoms with E-state index in [0.717, 1.165) is 25.4 Å². The zero-order chi connectivity index (χ0) is 21.5. The van der Waals surface area contributed by atoms with Crippen molar-refractivity contribution in [2.24, 2.45) is 14.1 Å². The number of hydrogen-bond donors (Lipinski definition) is 1. The van der Waals surface area contributed by atoms with E-state index in [2.05, 4.69) is 20.9 Å². The SMILES string of the molecule is CCn1c(SCC(=O)c2c(N)n(C)c(=O)n(C)c2=O)nc2ccc(Br)cc2c1=O. The largest absolute Gasteiger partial charge is 0.384 e. The number of aromatic nitrogens is 4. The van der Waals surface area contributed by atoms with E-state index < -0.39 is 17.0 Å². The number of nitrogens with two attached hydrogens (primary N) is 1. The van der Waals surface area contributed by atoms with E-state index in [0.29, 0.717) is 22.6 Å². The summed E-state index contributed by atoms with van der Waals surface area (Å²) in [7, 11) is 2.67. The number of nitrogen functional groups attached to an aromatic ring is 1. The van der Waals surface area contributed by atoms with Crippen molar-refractivity contribution in [3.63, 3.8) is 0 Å². The molecule has 0 aliphatic carbocycles. The quantitative estimate of drug-likeness (QED) is 0.330. The number of thioether (sulfide) groups is 1. The molecule has 29 heavy (non-hydrogen) atoms. The van der Waals surface area contributed by atoms with Crippen molar-refractivity contribution in [1.29, 1.82) is 0 Å². The molecule has 2 heterocycles. The molecule has 0 bridgehead atoms. The van der Waals surface area contributed by atoms with E-state index in [9.17, 15) is 19.2 Å². The standard InChI is InChI=1S/C18H18BrN5O4S/c1-4-24-15(26)10-7-9(19)5-6-11(10)21-17(24)29-8-12(25)13-14(20)22(2)18(28)23(3)16(13)27/h5-7H,4,8,20H2,1-3H3. The fraction of sp³-hybridized carbons (Fsp3) is 0.278. The second kappa shape index (κ2) is 7.99. The first-order valence-corrected chi connectivity index (χ1v) is 10.4. The molecule has 0 saturated carbocycles. The molecule has 0 spiro atoms. The van der Waals surface area contributed by atoms with Crippen LogP contribution >= 0.6 is 27.7 Å². The van der Waals surface area contributed by atoms with Gasteiger partial charge in [-0.3, -0.25) is 28.1 Å². The van der Waals surface area contributed by atoms with Crippen molar-refractivity contribution in [3.8, 4) is 0 Å². The molecule has 0 aliphatic heterocycles. The van der Waals surface area contributed by atoms with E-state index in [-0.39, 0.29) is 22.7 Å². The van der Waals surface area contributed by atoms with Crippen LogP contribution in [0.2, 0.25) is 0 Å². The number of hydrogen-bond acceptors (Lipinski definition) is 7. The summed E-state index contributed by atoms with van der Waals surface area (Å²) in [6, 6.07) is 5.19. The van der Waals surface area contributed by atoms with Crippen LogP contribution in [0.5, 0.6) is 0 Å². The van der Waals surface area contributed by atoms with E-state index in [1.807, 2.05) is 0 Å². The van der Waals surface area contributed by atoms with Gasteiger partial charge in [-0.2, -0.15) is 0 Å². The number of anilines is 1. The van der Waals surface area contributed by atoms with Crippen molar-refractivity contribution >= 4 is 50.2 Å². The van der Waals surface area contributed by atoms with Crippen LogP contribution in [0.15, 0.2) is 42.2 Å². The Morgan fingerprint density at radius 1 is 1.17 bits per heavy atom. The minimum absolute atomic E-state index is 0.161. The molecular weight excluding hydrogens is 462 g/mol. The minimum atomic E-state index is -0.750. The van der Waals surface area contributed by atoms with Crippen LogP contribution in [0.1, 0.15) is 17.3 Å². The zero-order valence-electron chi connectivity index (χ0n) is 15.9. The first-order valence-electron chi connectivity index (χ1n) is 8.59. The molecular formula is C18H18BrN5O4S. The van der Waals surface area contributed by atoms with Crippen molar-refractivity contribution in [1.82, 2.24) is 18.7 Å². The van der Waals surface area contributed by atoms with Gasteiger partial charge in [-0.05, 0) is 25.1 Å². The normalized spacial score (nSPS) is 11.2. The van der Waals surface area contributed by atoms with E-state index in [1.165, 1.54) is 18.7 Å². The molecule has 11 heteroatoms. The van der Waals surface area contributed by atoms with Gasteiger partial charge in [-0.25, -0.2) is 9.78 Å². The van der Waals surface area contributed by atoms with Gasteiger partial charge in [0.15, 0.2) is 10.9 Å². The predicted molar refractivity (Wildman–Crippen MR) is 116 cm³/mol. The Morgan fingerprint density at radius 3 is 2.52 bits per heavy atom. The second-order valence-corrected chi connectivity index (χ2v) is 8.14. The van der Waals surface area contributed by atoms with Crippen molar-refractivity contribution in [2.75, 3.05) is 11.5 Å². The summed E-state index contributed by atoms with van der Waals surface area (Å²) in [5.74, 6) is -0.893. The van der Waals surface area contributed by atoms with Crippen molar-refractivity contribution in [3.05, 3.63) is 59.4 Å². The maximum Gasteiger partial charge on any atom is 0.332 e. The van der Waals surface area contributed by atoms with Gasteiger partial charge < -0.3 is 5.73 Å². The van der Waals surface area contributed by atoms with Crippen LogP contribution in [-0.2, 0) is 20.6 Å². The molecule has 152 valence electrons. The Labute approximate surface area is 177 Å². The topological polar surface area (TPSA) is 122 Å². The molecule has 0 radical (unpaired) electrons. The number of fused-ring (bicyclic) bond motifs is 1. The van der Waals surface area contributed by atoms with Gasteiger partial charge in [0.25, 0.3) is 11.1 Å². The highest BCUT2D eigenvalue weighted by molar-refractivity contribution is 9.10. The van der Waals surface area contributed by atoms with Gasteiger partial charge in [0.05, 0.1) is 16.7 Å². The lowest BCUT2D eigenvalue weighted by Gasteiger charge is -2.12. The highest BCUT2D eigenvalue weighted by atomic mass is 79.9. The van der Waals surface area contributed by atoms with E-state index in [4.69, 9.17) is 5.73 Å². The van der Waals surface area contributed by atoms with Crippen LogP contribution < -0.4 is 22.5 Å². The summed E-state index contributed by atoms with van der Waals surface area (Å²) in [6.07, 6.45) is 0. The van der Waals surface area contributed by atoms with Gasteiger partial charge in [0.1, 0.15) is 11.4 Å². The molecule has 0 saturated heterocycles. The van der Waals surface area contributed by atoms with Gasteiger partial charge in [0, 0.05) is 25.1 Å². The Balaban J connectivity index is 2.01. The summed E-state index contributed by atoms with van der Waals surface area (Å²) < 4.78 is 4.12. The average Bonchev–Trinajstić information content (AvgIpc) is 2.70. The predicted octanol–water partition coefficient (Wildman–Crippen LogP) is 1.13. The van der Waals surface area contributed by atoms with Crippen LogP contribution in [-0.4, -0.2) is 30.2 Å². The molecule has 0 aliphatic rings. The number of benzene rings is 1. The molecule has 2 N–H and O–H groups in total. The number of nitrogens with zero attached hydrogens (tertiary/aromatic N) is 4. The maximum absolute atomic E-state index is 12.8. The lowest BCUT2D eigenvalue weighted by molar-refractivity contribution is 0.102. The Hall–Kier alpha value is -2.66. The van der Waals surface area contributed by atoms with Gasteiger partial charge in [-0.15, -0.1) is 0 Å². The molecule has 3 rings (SSSR count). The number of ketones is 1. The number of carbonyl (C=O) groups excluding carboxylic acids is 1. The molecule has 0 atom stereocenters. The van der Waals surface area contributed by atoms with Crippen molar-refractivity contribution in [2.45, 2.75) is 18.6 Å². The summed E-state index contributed by atoms with van der Waals surface area (Å²) in [5, 5.41) is 0.828. The number of carbonyl (C=O) groups is 1. The fourth-order valence-electron chi connectivity index (χ4n) is 2.89.